The van der Waals surface area contributed by atoms with Gasteiger partial charge in [-0.25, -0.2) is 4.39 Å². The van der Waals surface area contributed by atoms with Crippen LogP contribution in [0.4, 0.5) is 15.8 Å². The Balaban J connectivity index is 1.45. The summed E-state index contributed by atoms with van der Waals surface area (Å²) in [6, 6.07) is 12.1. The van der Waals surface area contributed by atoms with Crippen molar-refractivity contribution in [1.82, 2.24) is 10.9 Å². The minimum absolute atomic E-state index is 0.0471. The van der Waals surface area contributed by atoms with Crippen LogP contribution in [-0.4, -0.2) is 38.7 Å². The summed E-state index contributed by atoms with van der Waals surface area (Å²) in [4.78, 5) is 14.6. The summed E-state index contributed by atoms with van der Waals surface area (Å²) in [6.45, 7) is 2.41. The Hall–Kier alpha value is -2.64. The lowest BCUT2D eigenvalue weighted by Crippen LogP contribution is -2.33. The van der Waals surface area contributed by atoms with E-state index in [0.717, 1.165) is 18.8 Å². The van der Waals surface area contributed by atoms with Crippen LogP contribution in [0.15, 0.2) is 42.5 Å². The number of nitrogens with zero attached hydrogens (tertiary/aromatic N) is 1. The molecule has 0 saturated carbocycles. The Bertz CT molecular complexity index is 821. The summed E-state index contributed by atoms with van der Waals surface area (Å²) in [6.07, 6.45) is 0.619. The van der Waals surface area contributed by atoms with Gasteiger partial charge in [-0.05, 0) is 36.2 Å². The van der Waals surface area contributed by atoms with E-state index in [-0.39, 0.29) is 11.6 Å². The lowest BCUT2D eigenvalue weighted by molar-refractivity contribution is -0.117. The number of carbonyl (C=O) groups is 1. The van der Waals surface area contributed by atoms with Crippen LogP contribution in [-0.2, 0) is 4.79 Å². The van der Waals surface area contributed by atoms with Crippen molar-refractivity contribution in [3.63, 3.8) is 0 Å². The number of ether oxygens (including phenoxy) is 1. The van der Waals surface area contributed by atoms with Crippen LogP contribution in [0, 0.1) is 5.82 Å². The van der Waals surface area contributed by atoms with E-state index in [1.807, 2.05) is 12.1 Å². The van der Waals surface area contributed by atoms with Crippen molar-refractivity contribution < 1.29 is 13.9 Å². The van der Waals surface area contributed by atoms with Gasteiger partial charge in [0.25, 0.3) is 0 Å². The molecule has 142 valence electrons. The van der Waals surface area contributed by atoms with Gasteiger partial charge >= 0.3 is 0 Å². The molecule has 0 radical (unpaired) electrons. The molecule has 1 amide bonds. The molecule has 2 aromatic rings. The summed E-state index contributed by atoms with van der Waals surface area (Å²) in [5.41, 5.74) is 8.66. The first-order chi connectivity index (χ1) is 13.2. The SMILES string of the molecule is COc1ccc(F)c(NC2CCN(c3ccc(C4CNNC4)cc3)C2=O)c1. The van der Waals surface area contributed by atoms with Gasteiger partial charge in [0.2, 0.25) is 5.91 Å². The maximum Gasteiger partial charge on any atom is 0.249 e. The second-order valence-electron chi connectivity index (χ2n) is 6.87. The average Bonchev–Trinajstić information content (AvgIpc) is 3.35. The fraction of sp³-hybridized carbons (Fsp3) is 0.350. The van der Waals surface area contributed by atoms with E-state index in [9.17, 15) is 9.18 Å². The zero-order valence-corrected chi connectivity index (χ0v) is 15.2. The fourth-order valence-corrected chi connectivity index (χ4v) is 3.62. The van der Waals surface area contributed by atoms with E-state index < -0.39 is 11.9 Å². The number of nitrogens with one attached hydrogen (secondary N) is 3. The van der Waals surface area contributed by atoms with Crippen molar-refractivity contribution in [2.45, 2.75) is 18.4 Å². The van der Waals surface area contributed by atoms with Crippen LogP contribution in [0.1, 0.15) is 17.9 Å². The predicted octanol–water partition coefficient (Wildman–Crippen LogP) is 2.24. The quantitative estimate of drug-likeness (QED) is 0.753. The Kier molecular flexibility index (Phi) is 4.96. The number of rotatable bonds is 5. The van der Waals surface area contributed by atoms with Gasteiger partial charge in [-0.2, -0.15) is 0 Å². The zero-order valence-electron chi connectivity index (χ0n) is 15.2. The first kappa shape index (κ1) is 17.8. The highest BCUT2D eigenvalue weighted by Crippen LogP contribution is 2.28. The minimum Gasteiger partial charge on any atom is -0.497 e. The lowest BCUT2D eigenvalue weighted by Gasteiger charge is -2.19. The molecule has 3 N–H and O–H groups in total. The molecular weight excluding hydrogens is 347 g/mol. The summed E-state index contributed by atoms with van der Waals surface area (Å²) in [7, 11) is 1.53. The topological polar surface area (TPSA) is 65.6 Å². The number of hydrogen-bond acceptors (Lipinski definition) is 5. The van der Waals surface area contributed by atoms with Crippen LogP contribution >= 0.6 is 0 Å². The van der Waals surface area contributed by atoms with Gasteiger partial charge in [-0.15, -0.1) is 0 Å². The Morgan fingerprint density at radius 2 is 1.89 bits per heavy atom. The van der Waals surface area contributed by atoms with Crippen LogP contribution in [0.2, 0.25) is 0 Å². The van der Waals surface area contributed by atoms with Gasteiger partial charge < -0.3 is 15.0 Å². The van der Waals surface area contributed by atoms with Gasteiger partial charge in [0, 0.05) is 37.3 Å². The third-order valence-electron chi connectivity index (χ3n) is 5.21. The molecule has 2 heterocycles. The van der Waals surface area contributed by atoms with E-state index in [1.165, 1.54) is 18.7 Å². The van der Waals surface area contributed by atoms with Crippen LogP contribution in [0.5, 0.6) is 5.75 Å². The second kappa shape index (κ2) is 7.54. The molecule has 1 atom stereocenters. The van der Waals surface area contributed by atoms with Crippen molar-refractivity contribution in [2.24, 2.45) is 0 Å². The predicted molar refractivity (Wildman–Crippen MR) is 103 cm³/mol. The number of hydrazine groups is 1. The monoisotopic (exact) mass is 370 g/mol. The molecule has 0 spiro atoms. The molecule has 2 saturated heterocycles. The number of anilines is 2. The Morgan fingerprint density at radius 1 is 1.15 bits per heavy atom. The smallest absolute Gasteiger partial charge is 0.249 e. The highest BCUT2D eigenvalue weighted by Gasteiger charge is 2.33. The first-order valence-corrected chi connectivity index (χ1v) is 9.13. The normalized spacial score (nSPS) is 20.3. The van der Waals surface area contributed by atoms with Crippen LogP contribution in [0.25, 0.3) is 0 Å². The van der Waals surface area contributed by atoms with Gasteiger partial charge in [-0.1, -0.05) is 12.1 Å². The van der Waals surface area contributed by atoms with Crippen molar-refractivity contribution in [3.05, 3.63) is 53.8 Å². The number of halogens is 1. The van der Waals surface area contributed by atoms with Crippen molar-refractivity contribution >= 4 is 17.3 Å². The van der Waals surface area contributed by atoms with Gasteiger partial charge in [-0.3, -0.25) is 15.6 Å². The molecule has 2 aliphatic rings. The first-order valence-electron chi connectivity index (χ1n) is 9.13. The summed E-state index contributed by atoms with van der Waals surface area (Å²) >= 11 is 0. The lowest BCUT2D eigenvalue weighted by atomic mass is 10.00. The molecule has 27 heavy (non-hydrogen) atoms. The summed E-state index contributed by atoms with van der Waals surface area (Å²) in [5, 5.41) is 3.03. The number of benzene rings is 2. The van der Waals surface area contributed by atoms with Gasteiger partial charge in [0.1, 0.15) is 17.6 Å². The highest BCUT2D eigenvalue weighted by molar-refractivity contribution is 6.01. The standard InChI is InChI=1S/C20H23FN4O2/c1-27-16-6-7-17(21)19(10-16)24-18-8-9-25(20(18)26)15-4-2-13(3-5-15)14-11-22-23-12-14/h2-7,10,14,18,22-24H,8-9,11-12H2,1H3. The van der Waals surface area contributed by atoms with Crippen LogP contribution in [0.3, 0.4) is 0 Å². The summed E-state index contributed by atoms with van der Waals surface area (Å²) in [5.74, 6) is 0.547. The molecule has 4 rings (SSSR count). The molecule has 0 aliphatic carbocycles. The van der Waals surface area contributed by atoms with Crippen molar-refractivity contribution in [2.75, 3.05) is 37.0 Å². The number of methoxy groups -OCH3 is 1. The Morgan fingerprint density at radius 3 is 2.59 bits per heavy atom. The molecular formula is C20H23FN4O2. The van der Waals surface area contributed by atoms with E-state index >= 15 is 0 Å². The highest BCUT2D eigenvalue weighted by atomic mass is 19.1. The largest absolute Gasteiger partial charge is 0.497 e. The average molecular weight is 370 g/mol. The Labute approximate surface area is 157 Å². The maximum atomic E-state index is 14.0. The second-order valence-corrected chi connectivity index (χ2v) is 6.87. The van der Waals surface area contributed by atoms with Gasteiger partial charge in [0.15, 0.2) is 0 Å². The fourth-order valence-electron chi connectivity index (χ4n) is 3.62. The molecule has 7 heteroatoms. The maximum absolute atomic E-state index is 14.0. The molecule has 0 aromatic heterocycles. The minimum atomic E-state index is -0.450. The van der Waals surface area contributed by atoms with Gasteiger partial charge in [0.05, 0.1) is 12.8 Å². The number of amides is 1. The van der Waals surface area contributed by atoms with E-state index in [0.29, 0.717) is 24.6 Å². The van der Waals surface area contributed by atoms with Crippen molar-refractivity contribution in [3.8, 4) is 5.75 Å². The molecule has 0 bridgehead atoms. The molecule has 2 fully saturated rings. The zero-order chi connectivity index (χ0) is 18.8. The van der Waals surface area contributed by atoms with Crippen LogP contribution < -0.4 is 25.8 Å². The van der Waals surface area contributed by atoms with E-state index in [1.54, 1.807) is 17.0 Å². The van der Waals surface area contributed by atoms with Crippen molar-refractivity contribution in [1.29, 1.82) is 0 Å². The van der Waals surface area contributed by atoms with E-state index in [2.05, 4.69) is 28.3 Å². The number of hydrogen-bond donors (Lipinski definition) is 3. The van der Waals surface area contributed by atoms with E-state index in [4.69, 9.17) is 4.74 Å². The molecule has 2 aliphatic heterocycles. The molecule has 6 nitrogen and oxygen atoms in total. The third kappa shape index (κ3) is 3.61. The molecule has 1 unspecified atom stereocenters. The third-order valence-corrected chi connectivity index (χ3v) is 5.21. The number of carbonyl (C=O) groups excluding carboxylic acids is 1. The molecule has 2 aromatic carbocycles. The summed E-state index contributed by atoms with van der Waals surface area (Å²) < 4.78 is 19.2.